The maximum absolute atomic E-state index is 12.1. The van der Waals surface area contributed by atoms with Gasteiger partial charge in [0.2, 0.25) is 5.91 Å². The van der Waals surface area contributed by atoms with Crippen LogP contribution in [0.25, 0.3) is 17.0 Å². The van der Waals surface area contributed by atoms with Crippen molar-refractivity contribution in [1.82, 2.24) is 30.0 Å². The molecule has 8 nitrogen and oxygen atoms in total. The Morgan fingerprint density at radius 1 is 1.21 bits per heavy atom. The highest BCUT2D eigenvalue weighted by Gasteiger charge is 2.21. The summed E-state index contributed by atoms with van der Waals surface area (Å²) in [6, 6.07) is 6.20. The van der Waals surface area contributed by atoms with E-state index >= 15 is 0 Å². The predicted octanol–water partition coefficient (Wildman–Crippen LogP) is 1.89. The van der Waals surface area contributed by atoms with E-state index in [-0.39, 0.29) is 11.9 Å². The summed E-state index contributed by atoms with van der Waals surface area (Å²) in [5, 5.41) is 20.4. The van der Waals surface area contributed by atoms with Gasteiger partial charge in [0, 0.05) is 43.2 Å². The van der Waals surface area contributed by atoms with Crippen molar-refractivity contribution in [2.45, 2.75) is 26.3 Å². The fraction of sp³-hybridized carbons (Fsp3) is 0.474. The normalized spacial score (nSPS) is 16.4. The second kappa shape index (κ2) is 8.24. The average molecular weight is 400 g/mol. The highest BCUT2D eigenvalue weighted by Crippen LogP contribution is 2.22. The molecular formula is C19H25N7OS. The third kappa shape index (κ3) is 4.00. The summed E-state index contributed by atoms with van der Waals surface area (Å²) in [4.78, 5) is 16.6. The van der Waals surface area contributed by atoms with Gasteiger partial charge in [-0.3, -0.25) is 9.69 Å². The topological polar surface area (TPSA) is 78.7 Å². The summed E-state index contributed by atoms with van der Waals surface area (Å²) in [6.07, 6.45) is 0.949. The van der Waals surface area contributed by atoms with E-state index in [1.165, 1.54) is 0 Å². The molecule has 0 saturated carbocycles. The van der Waals surface area contributed by atoms with Crippen LogP contribution in [-0.4, -0.2) is 69.4 Å². The highest BCUT2D eigenvalue weighted by molar-refractivity contribution is 7.08. The maximum atomic E-state index is 12.1. The van der Waals surface area contributed by atoms with E-state index in [1.807, 2.05) is 40.4 Å². The molecule has 1 unspecified atom stereocenters. The van der Waals surface area contributed by atoms with Crippen molar-refractivity contribution in [2.75, 3.05) is 37.6 Å². The van der Waals surface area contributed by atoms with Gasteiger partial charge in [0.25, 0.3) is 0 Å². The van der Waals surface area contributed by atoms with Crippen molar-refractivity contribution in [3.05, 3.63) is 29.0 Å². The van der Waals surface area contributed by atoms with Crippen LogP contribution in [0.5, 0.6) is 0 Å². The standard InChI is InChI=1S/C19H25N7OS/c1-3-14(2)20-18(27)12-24-7-9-25(10-8-24)17-5-4-16-21-22-19(26(16)23-17)15-6-11-28-13-15/h4-6,11,13-14H,3,7-10,12H2,1-2H3,(H,20,27). The number of carbonyl (C=O) groups excluding carboxylic acids is 1. The van der Waals surface area contributed by atoms with E-state index in [2.05, 4.69) is 32.2 Å². The van der Waals surface area contributed by atoms with Crippen molar-refractivity contribution < 1.29 is 4.79 Å². The average Bonchev–Trinajstić information content (AvgIpc) is 3.37. The van der Waals surface area contributed by atoms with E-state index in [1.54, 1.807) is 11.3 Å². The predicted molar refractivity (Wildman–Crippen MR) is 111 cm³/mol. The number of amides is 1. The molecule has 9 heteroatoms. The lowest BCUT2D eigenvalue weighted by molar-refractivity contribution is -0.122. The van der Waals surface area contributed by atoms with Gasteiger partial charge in [-0.05, 0) is 36.9 Å². The number of anilines is 1. The van der Waals surface area contributed by atoms with Gasteiger partial charge >= 0.3 is 0 Å². The molecule has 28 heavy (non-hydrogen) atoms. The van der Waals surface area contributed by atoms with E-state index < -0.39 is 0 Å². The molecule has 0 spiro atoms. The van der Waals surface area contributed by atoms with Crippen LogP contribution in [0.4, 0.5) is 5.82 Å². The molecule has 1 saturated heterocycles. The molecule has 0 bridgehead atoms. The monoisotopic (exact) mass is 399 g/mol. The molecule has 148 valence electrons. The third-order valence-corrected chi connectivity index (χ3v) is 5.79. The maximum Gasteiger partial charge on any atom is 0.234 e. The van der Waals surface area contributed by atoms with Crippen molar-refractivity contribution in [1.29, 1.82) is 0 Å². The van der Waals surface area contributed by atoms with Gasteiger partial charge < -0.3 is 10.2 Å². The molecule has 0 aromatic carbocycles. The van der Waals surface area contributed by atoms with Crippen molar-refractivity contribution in [3.63, 3.8) is 0 Å². The van der Waals surface area contributed by atoms with Gasteiger partial charge in [-0.15, -0.1) is 15.3 Å². The van der Waals surface area contributed by atoms with Gasteiger partial charge in [-0.2, -0.15) is 15.9 Å². The first-order valence-corrected chi connectivity index (χ1v) is 10.6. The van der Waals surface area contributed by atoms with E-state index in [0.29, 0.717) is 6.54 Å². The summed E-state index contributed by atoms with van der Waals surface area (Å²) in [7, 11) is 0. The summed E-state index contributed by atoms with van der Waals surface area (Å²) in [5.74, 6) is 1.78. The Morgan fingerprint density at radius 3 is 2.75 bits per heavy atom. The van der Waals surface area contributed by atoms with Gasteiger partial charge in [0.15, 0.2) is 11.5 Å². The summed E-state index contributed by atoms with van der Waals surface area (Å²) in [5.41, 5.74) is 1.77. The zero-order valence-electron chi connectivity index (χ0n) is 16.2. The van der Waals surface area contributed by atoms with Crippen LogP contribution in [-0.2, 0) is 4.79 Å². The van der Waals surface area contributed by atoms with Crippen LogP contribution in [0.2, 0.25) is 0 Å². The second-order valence-corrected chi connectivity index (χ2v) is 7.92. The molecule has 3 aromatic rings. The van der Waals surface area contributed by atoms with Crippen molar-refractivity contribution >= 4 is 28.7 Å². The number of fused-ring (bicyclic) bond motifs is 1. The van der Waals surface area contributed by atoms with Crippen LogP contribution >= 0.6 is 11.3 Å². The molecule has 0 aliphatic carbocycles. The molecule has 3 aromatic heterocycles. The molecule has 1 N–H and O–H groups in total. The van der Waals surface area contributed by atoms with Crippen LogP contribution in [0.15, 0.2) is 29.0 Å². The molecule has 4 rings (SSSR count). The molecule has 0 radical (unpaired) electrons. The van der Waals surface area contributed by atoms with E-state index in [0.717, 1.165) is 55.5 Å². The first-order chi connectivity index (χ1) is 13.6. The lowest BCUT2D eigenvalue weighted by atomic mass is 10.2. The SMILES string of the molecule is CCC(C)NC(=O)CN1CCN(c2ccc3nnc(-c4ccsc4)n3n2)CC1. The summed E-state index contributed by atoms with van der Waals surface area (Å²) >= 11 is 1.63. The summed E-state index contributed by atoms with van der Waals surface area (Å²) in [6.45, 7) is 7.93. The summed E-state index contributed by atoms with van der Waals surface area (Å²) < 4.78 is 1.81. The number of piperazine rings is 1. The van der Waals surface area contributed by atoms with Crippen molar-refractivity contribution in [2.24, 2.45) is 0 Å². The second-order valence-electron chi connectivity index (χ2n) is 7.14. The minimum Gasteiger partial charge on any atom is -0.353 e. The molecule has 1 amide bonds. The lowest BCUT2D eigenvalue weighted by Gasteiger charge is -2.35. The van der Waals surface area contributed by atoms with Gasteiger partial charge in [-0.25, -0.2) is 0 Å². The number of hydrogen-bond acceptors (Lipinski definition) is 7. The first-order valence-electron chi connectivity index (χ1n) is 9.65. The number of aromatic nitrogens is 4. The quantitative estimate of drug-likeness (QED) is 0.682. The Hall–Kier alpha value is -2.52. The minimum atomic E-state index is 0.104. The zero-order chi connectivity index (χ0) is 19.5. The fourth-order valence-electron chi connectivity index (χ4n) is 3.28. The number of rotatable bonds is 6. The minimum absolute atomic E-state index is 0.104. The van der Waals surface area contributed by atoms with Crippen LogP contribution in [0.1, 0.15) is 20.3 Å². The lowest BCUT2D eigenvalue weighted by Crippen LogP contribution is -2.50. The van der Waals surface area contributed by atoms with Crippen molar-refractivity contribution in [3.8, 4) is 11.4 Å². The first kappa shape index (κ1) is 18.8. The number of nitrogens with zero attached hydrogens (tertiary/aromatic N) is 6. The largest absolute Gasteiger partial charge is 0.353 e. The van der Waals surface area contributed by atoms with Crippen LogP contribution < -0.4 is 10.2 Å². The van der Waals surface area contributed by atoms with Gasteiger partial charge in [0.05, 0.1) is 6.54 Å². The van der Waals surface area contributed by atoms with Crippen LogP contribution in [0, 0.1) is 0 Å². The van der Waals surface area contributed by atoms with E-state index in [4.69, 9.17) is 5.10 Å². The molecule has 4 heterocycles. The Kier molecular flexibility index (Phi) is 5.54. The van der Waals surface area contributed by atoms with Gasteiger partial charge in [-0.1, -0.05) is 6.92 Å². The Morgan fingerprint density at radius 2 is 2.04 bits per heavy atom. The number of hydrogen-bond donors (Lipinski definition) is 1. The third-order valence-electron chi connectivity index (χ3n) is 5.11. The fourth-order valence-corrected chi connectivity index (χ4v) is 3.91. The number of carbonyl (C=O) groups is 1. The molecular weight excluding hydrogens is 374 g/mol. The van der Waals surface area contributed by atoms with Crippen LogP contribution in [0.3, 0.4) is 0 Å². The highest BCUT2D eigenvalue weighted by atomic mass is 32.1. The van der Waals surface area contributed by atoms with Gasteiger partial charge in [0.1, 0.15) is 5.82 Å². The smallest absolute Gasteiger partial charge is 0.234 e. The molecule has 1 atom stereocenters. The zero-order valence-corrected chi connectivity index (χ0v) is 17.0. The molecule has 1 fully saturated rings. The molecule has 1 aliphatic heterocycles. The van der Waals surface area contributed by atoms with E-state index in [9.17, 15) is 4.79 Å². The number of thiophene rings is 1. The Bertz CT molecular complexity index is 931. The molecule has 1 aliphatic rings. The Balaban J connectivity index is 1.41. The number of nitrogens with one attached hydrogen (secondary N) is 1. The Labute approximate surface area is 168 Å².